The van der Waals surface area contributed by atoms with Crippen LogP contribution in [-0.2, 0) is 32.7 Å². The number of aromatic nitrogens is 4. The number of halogens is 1. The maximum atomic E-state index is 13.2. The third kappa shape index (κ3) is 3.21. The molecule has 6 nitrogen and oxygen atoms in total. The number of rotatable bonds is 4. The first-order chi connectivity index (χ1) is 13.5. The molecule has 0 unspecified atom stereocenters. The summed E-state index contributed by atoms with van der Waals surface area (Å²) in [6, 6.07) is 6.18. The van der Waals surface area contributed by atoms with Crippen LogP contribution in [0.15, 0.2) is 24.4 Å². The fraction of sp³-hybridized carbons (Fsp3) is 0.333. The normalized spacial score (nSPS) is 12.4. The van der Waals surface area contributed by atoms with E-state index in [1.165, 1.54) is 0 Å². The van der Waals surface area contributed by atoms with Gasteiger partial charge in [-0.15, -0.1) is 0 Å². The minimum absolute atomic E-state index is 0.153. The third-order valence-corrected chi connectivity index (χ3v) is 5.82. The van der Waals surface area contributed by atoms with E-state index in [0.29, 0.717) is 9.53 Å². The highest BCUT2D eigenvalue weighted by molar-refractivity contribution is 14.1. The molecule has 0 aliphatic heterocycles. The summed E-state index contributed by atoms with van der Waals surface area (Å²) < 4.78 is 2.47. The van der Waals surface area contributed by atoms with Gasteiger partial charge >= 0.3 is 0 Å². The lowest BCUT2D eigenvalue weighted by atomic mass is 9.93. The highest BCUT2D eigenvalue weighted by Gasteiger charge is 2.29. The minimum Gasteiger partial charge on any atom is -0.320 e. The fourth-order valence-corrected chi connectivity index (χ4v) is 4.27. The van der Waals surface area contributed by atoms with E-state index >= 15 is 0 Å². The fourth-order valence-electron chi connectivity index (χ4n) is 3.89. The van der Waals surface area contributed by atoms with Crippen molar-refractivity contribution < 1.29 is 4.79 Å². The predicted octanol–water partition coefficient (Wildman–Crippen LogP) is 3.96. The number of nitrogens with zero attached hydrogens (tertiary/aromatic N) is 4. The van der Waals surface area contributed by atoms with Gasteiger partial charge in [0.25, 0.3) is 5.91 Å². The molecule has 7 heteroatoms. The van der Waals surface area contributed by atoms with Gasteiger partial charge in [0, 0.05) is 47.1 Å². The molecule has 0 saturated heterocycles. The minimum atomic E-state index is -0.153. The van der Waals surface area contributed by atoms with Crippen molar-refractivity contribution in [3.63, 3.8) is 0 Å². The lowest BCUT2D eigenvalue weighted by Gasteiger charge is -2.17. The first kappa shape index (κ1) is 19.0. The van der Waals surface area contributed by atoms with Crippen molar-refractivity contribution in [3.8, 4) is 11.4 Å². The average molecular weight is 487 g/mol. The van der Waals surface area contributed by atoms with Gasteiger partial charge in [0.2, 0.25) is 0 Å². The first-order valence-corrected chi connectivity index (χ1v) is 10.6. The van der Waals surface area contributed by atoms with Crippen LogP contribution >= 0.6 is 22.6 Å². The number of anilines is 1. The number of amides is 1. The van der Waals surface area contributed by atoms with Crippen LogP contribution in [0.4, 0.5) is 5.69 Å². The highest BCUT2D eigenvalue weighted by Crippen LogP contribution is 2.34. The number of para-hydroxylation sites is 1. The largest absolute Gasteiger partial charge is 0.320 e. The van der Waals surface area contributed by atoms with Gasteiger partial charge in [0.05, 0.1) is 11.4 Å². The van der Waals surface area contributed by atoms with Crippen molar-refractivity contribution >= 4 is 34.2 Å². The van der Waals surface area contributed by atoms with Crippen molar-refractivity contribution in [1.29, 1.82) is 0 Å². The van der Waals surface area contributed by atoms with Gasteiger partial charge in [-0.2, -0.15) is 5.10 Å². The van der Waals surface area contributed by atoms with E-state index in [1.54, 1.807) is 4.68 Å². The van der Waals surface area contributed by atoms with Crippen LogP contribution in [0.5, 0.6) is 0 Å². The zero-order valence-corrected chi connectivity index (χ0v) is 18.4. The molecule has 4 rings (SSSR count). The monoisotopic (exact) mass is 487 g/mol. The molecule has 1 aliphatic carbocycles. The summed E-state index contributed by atoms with van der Waals surface area (Å²) in [5.74, 6) is -0.153. The van der Waals surface area contributed by atoms with E-state index in [2.05, 4.69) is 69.0 Å². The second kappa shape index (κ2) is 7.62. The van der Waals surface area contributed by atoms with Gasteiger partial charge in [-0.1, -0.05) is 32.0 Å². The van der Waals surface area contributed by atoms with Gasteiger partial charge in [-0.25, -0.2) is 9.97 Å². The number of nitrogens with one attached hydrogen (secondary N) is 1. The number of benzene rings is 1. The molecular weight excluding hydrogens is 465 g/mol. The standard InChI is InChI=1S/C21H22IN5O/c1-4-12-7-6-8-13(5-2)16(12)24-20(28)18-15-10-9-14-11-23-21(22)25-17(14)19(15)27(3)26-18/h6-8,11H,4-5,9-10H2,1-3H3,(H,24,28). The summed E-state index contributed by atoms with van der Waals surface area (Å²) in [4.78, 5) is 22.1. The molecule has 0 radical (unpaired) electrons. The van der Waals surface area contributed by atoms with Gasteiger partial charge in [-0.3, -0.25) is 9.48 Å². The molecule has 0 spiro atoms. The molecule has 0 saturated carbocycles. The van der Waals surface area contributed by atoms with Crippen LogP contribution in [0.3, 0.4) is 0 Å². The zero-order valence-electron chi connectivity index (χ0n) is 16.2. The van der Waals surface area contributed by atoms with Gasteiger partial charge in [0.15, 0.2) is 9.53 Å². The third-order valence-electron chi connectivity index (χ3n) is 5.30. The Morgan fingerprint density at radius 2 is 1.93 bits per heavy atom. The predicted molar refractivity (Wildman–Crippen MR) is 118 cm³/mol. The lowest BCUT2D eigenvalue weighted by molar-refractivity contribution is 0.102. The van der Waals surface area contributed by atoms with E-state index < -0.39 is 0 Å². The Kier molecular flexibility index (Phi) is 5.18. The Labute approximate surface area is 177 Å². The molecule has 2 heterocycles. The van der Waals surface area contributed by atoms with Crippen molar-refractivity contribution in [2.24, 2.45) is 7.05 Å². The average Bonchev–Trinajstić information content (AvgIpc) is 3.05. The van der Waals surface area contributed by atoms with Gasteiger partial charge < -0.3 is 5.32 Å². The van der Waals surface area contributed by atoms with Crippen molar-refractivity contribution in [2.75, 3.05) is 5.32 Å². The molecule has 0 atom stereocenters. The molecule has 3 aromatic rings. The molecule has 1 amide bonds. The first-order valence-electron chi connectivity index (χ1n) is 9.53. The van der Waals surface area contributed by atoms with Crippen LogP contribution in [0.2, 0.25) is 0 Å². The molecule has 1 N–H and O–H groups in total. The number of carbonyl (C=O) groups excluding carboxylic acids is 1. The zero-order chi connectivity index (χ0) is 19.8. The summed E-state index contributed by atoms with van der Waals surface area (Å²) in [6.07, 6.45) is 5.19. The van der Waals surface area contributed by atoms with E-state index in [0.717, 1.165) is 65.0 Å². The van der Waals surface area contributed by atoms with Crippen LogP contribution < -0.4 is 5.32 Å². The van der Waals surface area contributed by atoms with E-state index in [9.17, 15) is 4.79 Å². The molecule has 0 fully saturated rings. The molecule has 0 bridgehead atoms. The Morgan fingerprint density at radius 3 is 2.61 bits per heavy atom. The number of carbonyl (C=O) groups is 1. The maximum Gasteiger partial charge on any atom is 0.276 e. The number of fused-ring (bicyclic) bond motifs is 3. The van der Waals surface area contributed by atoms with Crippen molar-refractivity contribution in [1.82, 2.24) is 19.7 Å². The molecular formula is C21H22IN5O. The topological polar surface area (TPSA) is 72.7 Å². The molecule has 1 aliphatic rings. The van der Waals surface area contributed by atoms with Crippen molar-refractivity contribution in [3.05, 3.63) is 56.2 Å². The Morgan fingerprint density at radius 1 is 1.21 bits per heavy atom. The summed E-state index contributed by atoms with van der Waals surface area (Å²) in [5.41, 5.74) is 7.58. The van der Waals surface area contributed by atoms with Gasteiger partial charge in [0.1, 0.15) is 0 Å². The summed E-state index contributed by atoms with van der Waals surface area (Å²) in [6.45, 7) is 4.20. The SMILES string of the molecule is CCc1cccc(CC)c1NC(=O)c1nn(C)c2c1CCc1cnc(I)nc1-2. The number of hydrogen-bond acceptors (Lipinski definition) is 4. The van der Waals surface area contributed by atoms with E-state index in [1.807, 2.05) is 19.3 Å². The van der Waals surface area contributed by atoms with Gasteiger partial charge in [-0.05, 0) is 42.4 Å². The Bertz CT molecular complexity index is 1050. The molecule has 1 aromatic carbocycles. The summed E-state index contributed by atoms with van der Waals surface area (Å²) >= 11 is 2.12. The quantitative estimate of drug-likeness (QED) is 0.447. The molecule has 2 aromatic heterocycles. The smallest absolute Gasteiger partial charge is 0.276 e. The Balaban J connectivity index is 1.75. The van der Waals surface area contributed by atoms with Crippen LogP contribution in [0, 0.1) is 3.83 Å². The highest BCUT2D eigenvalue weighted by atomic mass is 127. The second-order valence-electron chi connectivity index (χ2n) is 6.92. The van der Waals surface area contributed by atoms with Crippen LogP contribution in [0.25, 0.3) is 11.4 Å². The molecule has 28 heavy (non-hydrogen) atoms. The van der Waals surface area contributed by atoms with Crippen LogP contribution in [-0.4, -0.2) is 25.7 Å². The van der Waals surface area contributed by atoms with Crippen molar-refractivity contribution in [2.45, 2.75) is 39.5 Å². The maximum absolute atomic E-state index is 13.2. The summed E-state index contributed by atoms with van der Waals surface area (Å²) in [5, 5.41) is 7.72. The second-order valence-corrected chi connectivity index (χ2v) is 7.89. The van der Waals surface area contributed by atoms with E-state index in [4.69, 9.17) is 0 Å². The number of aryl methyl sites for hydroxylation is 4. The lowest BCUT2D eigenvalue weighted by Crippen LogP contribution is -2.18. The van der Waals surface area contributed by atoms with Crippen LogP contribution in [0.1, 0.15) is 46.6 Å². The Hall–Kier alpha value is -2.29. The number of hydrogen-bond donors (Lipinski definition) is 1. The van der Waals surface area contributed by atoms with E-state index in [-0.39, 0.29) is 5.91 Å². The summed E-state index contributed by atoms with van der Waals surface area (Å²) in [7, 11) is 1.87. The molecule has 144 valence electrons.